The number of amides is 2. The second-order valence-corrected chi connectivity index (χ2v) is 10.5. The molecule has 7 nitrogen and oxygen atoms in total. The molecule has 0 aliphatic rings. The van der Waals surface area contributed by atoms with Crippen LogP contribution in [0.3, 0.4) is 0 Å². The van der Waals surface area contributed by atoms with Crippen LogP contribution in [-0.2, 0) is 26.2 Å². The lowest BCUT2D eigenvalue weighted by molar-refractivity contribution is -0.140. The molecule has 1 N–H and O–H groups in total. The van der Waals surface area contributed by atoms with Gasteiger partial charge in [-0.15, -0.1) is 0 Å². The maximum absolute atomic E-state index is 13.3. The number of carbonyl (C=O) groups is 2. The Bertz CT molecular complexity index is 1110. The summed E-state index contributed by atoms with van der Waals surface area (Å²) < 4.78 is 38.9. The zero-order chi connectivity index (χ0) is 25.5. The minimum absolute atomic E-state index is 0.0117. The second-order valence-electron chi connectivity index (χ2n) is 7.74. The van der Waals surface area contributed by atoms with E-state index < -0.39 is 21.9 Å². The molecule has 186 valence electrons. The predicted molar refractivity (Wildman–Crippen MR) is 133 cm³/mol. The molecule has 0 saturated carbocycles. The van der Waals surface area contributed by atoms with Gasteiger partial charge in [-0.1, -0.05) is 29.3 Å². The van der Waals surface area contributed by atoms with E-state index in [9.17, 15) is 22.4 Å². The van der Waals surface area contributed by atoms with Gasteiger partial charge < -0.3 is 10.2 Å². The maximum atomic E-state index is 13.3. The second kappa shape index (κ2) is 12.4. The van der Waals surface area contributed by atoms with Crippen LogP contribution < -0.4 is 9.62 Å². The zero-order valence-electron chi connectivity index (χ0n) is 19.2. The van der Waals surface area contributed by atoms with Gasteiger partial charge in [0.05, 0.1) is 11.9 Å². The highest BCUT2D eigenvalue weighted by Gasteiger charge is 2.27. The first-order valence-corrected chi connectivity index (χ1v) is 13.3. The first-order chi connectivity index (χ1) is 15.9. The highest BCUT2D eigenvalue weighted by molar-refractivity contribution is 7.92. The van der Waals surface area contributed by atoms with Gasteiger partial charge in [0.1, 0.15) is 11.9 Å². The molecule has 11 heteroatoms. The van der Waals surface area contributed by atoms with Crippen molar-refractivity contribution in [3.63, 3.8) is 0 Å². The van der Waals surface area contributed by atoms with Gasteiger partial charge in [-0.05, 0) is 62.2 Å². The van der Waals surface area contributed by atoms with Gasteiger partial charge in [0, 0.05) is 36.1 Å². The quantitative estimate of drug-likeness (QED) is 0.469. The Hall–Kier alpha value is -2.36. The van der Waals surface area contributed by atoms with Gasteiger partial charge in [0.2, 0.25) is 21.8 Å². The number of nitrogens with one attached hydrogen (secondary N) is 1. The molecule has 2 aromatic rings. The molecule has 34 heavy (non-hydrogen) atoms. The number of carbonyl (C=O) groups excluding carboxylic acids is 2. The minimum Gasteiger partial charge on any atom is -0.355 e. The van der Waals surface area contributed by atoms with Crippen molar-refractivity contribution < 1.29 is 22.4 Å². The summed E-state index contributed by atoms with van der Waals surface area (Å²) in [6.45, 7) is 3.91. The monoisotopic (exact) mass is 531 g/mol. The molecule has 2 aromatic carbocycles. The predicted octanol–water partition coefficient (Wildman–Crippen LogP) is 4.23. The summed E-state index contributed by atoms with van der Waals surface area (Å²) in [5.74, 6) is -1.13. The highest BCUT2D eigenvalue weighted by Crippen LogP contribution is 2.24. The lowest BCUT2D eigenvalue weighted by atomic mass is 10.1. The lowest BCUT2D eigenvalue weighted by Crippen LogP contribution is -2.47. The molecular weight excluding hydrogens is 504 g/mol. The number of anilines is 1. The van der Waals surface area contributed by atoms with Crippen LogP contribution in [0.25, 0.3) is 0 Å². The Labute approximate surface area is 209 Å². The van der Waals surface area contributed by atoms with E-state index >= 15 is 0 Å². The van der Waals surface area contributed by atoms with Gasteiger partial charge in [-0.25, -0.2) is 12.8 Å². The van der Waals surface area contributed by atoms with Gasteiger partial charge in [0.25, 0.3) is 0 Å². The third kappa shape index (κ3) is 7.85. The largest absolute Gasteiger partial charge is 0.355 e. The molecule has 0 bridgehead atoms. The van der Waals surface area contributed by atoms with E-state index in [1.165, 1.54) is 29.2 Å². The van der Waals surface area contributed by atoms with Crippen LogP contribution >= 0.6 is 23.2 Å². The molecule has 0 aromatic heterocycles. The molecule has 0 unspecified atom stereocenters. The van der Waals surface area contributed by atoms with Crippen molar-refractivity contribution >= 4 is 50.7 Å². The molecule has 0 fully saturated rings. The number of nitrogens with zero attached hydrogens (tertiary/aromatic N) is 2. The van der Waals surface area contributed by atoms with Crippen molar-refractivity contribution in [3.8, 4) is 0 Å². The molecule has 2 rings (SSSR count). The Kier molecular flexibility index (Phi) is 10.1. The number of sulfonamides is 1. The van der Waals surface area contributed by atoms with Crippen LogP contribution in [0.5, 0.6) is 0 Å². The van der Waals surface area contributed by atoms with E-state index in [0.717, 1.165) is 10.6 Å². The average molecular weight is 532 g/mol. The summed E-state index contributed by atoms with van der Waals surface area (Å²) in [5, 5.41) is 3.52. The van der Waals surface area contributed by atoms with Crippen molar-refractivity contribution in [2.24, 2.45) is 0 Å². The molecule has 0 spiro atoms. The number of halogens is 3. The molecular formula is C23H28Cl2FN3O4S. The van der Waals surface area contributed by atoms with Crippen molar-refractivity contribution in [1.82, 2.24) is 10.2 Å². The Morgan fingerprint density at radius 2 is 1.76 bits per heavy atom. The van der Waals surface area contributed by atoms with Crippen LogP contribution in [0, 0.1) is 5.82 Å². The summed E-state index contributed by atoms with van der Waals surface area (Å²) in [6, 6.07) is 9.19. The fourth-order valence-corrected chi connectivity index (χ4v) is 4.78. The smallest absolute Gasteiger partial charge is 0.242 e. The number of rotatable bonds is 11. The first kappa shape index (κ1) is 27.9. The van der Waals surface area contributed by atoms with Crippen LogP contribution in [0.1, 0.15) is 32.3 Å². The fourth-order valence-electron chi connectivity index (χ4n) is 3.35. The molecule has 1 atom stereocenters. The van der Waals surface area contributed by atoms with Crippen LogP contribution in [0.4, 0.5) is 10.1 Å². The van der Waals surface area contributed by atoms with E-state index in [-0.39, 0.29) is 37.7 Å². The third-order valence-corrected chi connectivity index (χ3v) is 6.92. The number of hydrogen-bond donors (Lipinski definition) is 1. The molecule has 0 saturated heterocycles. The standard InChI is InChI=1S/C23H28Cl2FN3O4S/c1-4-27-23(31)16(2)28(15-17-7-8-18(24)14-21(17)25)22(30)6-5-13-29(34(3,32)33)20-11-9-19(26)10-12-20/h7-12,14,16H,4-6,13,15H2,1-3H3,(H,27,31)/t16-/m0/s1. The van der Waals surface area contributed by atoms with Gasteiger partial charge in [0.15, 0.2) is 0 Å². The third-order valence-electron chi connectivity index (χ3n) is 5.14. The minimum atomic E-state index is -3.65. The van der Waals surface area contributed by atoms with E-state index in [1.54, 1.807) is 32.0 Å². The van der Waals surface area contributed by atoms with Gasteiger partial charge in [-0.2, -0.15) is 0 Å². The Balaban J connectivity index is 2.18. The molecule has 0 aliphatic heterocycles. The van der Waals surface area contributed by atoms with E-state index in [2.05, 4.69) is 5.32 Å². The van der Waals surface area contributed by atoms with Crippen LogP contribution in [0.2, 0.25) is 10.0 Å². The maximum Gasteiger partial charge on any atom is 0.242 e. The van der Waals surface area contributed by atoms with Crippen LogP contribution in [0.15, 0.2) is 42.5 Å². The first-order valence-electron chi connectivity index (χ1n) is 10.7. The van der Waals surface area contributed by atoms with Crippen LogP contribution in [-0.4, -0.2) is 50.5 Å². The highest BCUT2D eigenvalue weighted by atomic mass is 35.5. The number of benzene rings is 2. The summed E-state index contributed by atoms with van der Waals surface area (Å²) in [4.78, 5) is 27.0. The molecule has 0 radical (unpaired) electrons. The van der Waals surface area contributed by atoms with Gasteiger partial charge in [-0.3, -0.25) is 13.9 Å². The SMILES string of the molecule is CCNC(=O)[C@H](C)N(Cc1ccc(Cl)cc1Cl)C(=O)CCCN(c1ccc(F)cc1)S(C)(=O)=O. The zero-order valence-corrected chi connectivity index (χ0v) is 21.6. The Morgan fingerprint density at radius 3 is 2.32 bits per heavy atom. The summed E-state index contributed by atoms with van der Waals surface area (Å²) in [6.07, 6.45) is 1.22. The lowest BCUT2D eigenvalue weighted by Gasteiger charge is -2.29. The normalized spacial score (nSPS) is 12.2. The van der Waals surface area contributed by atoms with E-state index in [4.69, 9.17) is 23.2 Å². The molecule has 2 amide bonds. The topological polar surface area (TPSA) is 86.8 Å². The van der Waals surface area contributed by atoms with E-state index in [1.807, 2.05) is 0 Å². The van der Waals surface area contributed by atoms with Crippen molar-refractivity contribution in [3.05, 3.63) is 63.9 Å². The molecule has 0 aliphatic carbocycles. The van der Waals surface area contributed by atoms with Crippen molar-refractivity contribution in [1.29, 1.82) is 0 Å². The van der Waals surface area contributed by atoms with Crippen molar-refractivity contribution in [2.45, 2.75) is 39.3 Å². The van der Waals surface area contributed by atoms with E-state index in [0.29, 0.717) is 27.8 Å². The number of likely N-dealkylation sites (N-methyl/N-ethyl adjacent to an activating group) is 1. The fraction of sp³-hybridized carbons (Fsp3) is 0.391. The van der Waals surface area contributed by atoms with Gasteiger partial charge >= 0.3 is 0 Å². The summed E-state index contributed by atoms with van der Waals surface area (Å²) in [5.41, 5.74) is 0.927. The van der Waals surface area contributed by atoms with Crippen molar-refractivity contribution in [2.75, 3.05) is 23.7 Å². The number of hydrogen-bond acceptors (Lipinski definition) is 4. The Morgan fingerprint density at radius 1 is 1.12 bits per heavy atom. The molecule has 0 heterocycles. The summed E-state index contributed by atoms with van der Waals surface area (Å²) in [7, 11) is -3.65. The summed E-state index contributed by atoms with van der Waals surface area (Å²) >= 11 is 12.2. The average Bonchev–Trinajstić information content (AvgIpc) is 2.76.